The maximum Gasteiger partial charge on any atom is 0.221 e. The summed E-state index contributed by atoms with van der Waals surface area (Å²) in [6, 6.07) is 0.305. The molecule has 13 heavy (non-hydrogen) atoms. The fourth-order valence-electron chi connectivity index (χ4n) is 1.51. The molecule has 4 heteroatoms. The van der Waals surface area contributed by atoms with E-state index in [1.54, 1.807) is 0 Å². The normalized spacial score (nSPS) is 25.0. The first kappa shape index (κ1) is 8.97. The predicted molar refractivity (Wildman–Crippen MR) is 48.1 cm³/mol. The smallest absolute Gasteiger partial charge is 0.221 e. The molecular formula is C9H16N2O2. The average Bonchev–Trinajstić information content (AvgIpc) is 2.78. The summed E-state index contributed by atoms with van der Waals surface area (Å²) < 4.78 is 4.95. The molecule has 1 saturated heterocycles. The van der Waals surface area contributed by atoms with E-state index in [-0.39, 0.29) is 18.0 Å². The van der Waals surface area contributed by atoms with Crippen molar-refractivity contribution in [1.82, 2.24) is 5.32 Å². The first-order valence-electron chi connectivity index (χ1n) is 4.88. The minimum Gasteiger partial charge on any atom is -0.377 e. The zero-order valence-electron chi connectivity index (χ0n) is 7.66. The fourth-order valence-corrected chi connectivity index (χ4v) is 1.51. The van der Waals surface area contributed by atoms with E-state index in [2.05, 4.69) is 5.32 Å². The lowest BCUT2D eigenvalue weighted by Crippen LogP contribution is -2.49. The summed E-state index contributed by atoms with van der Waals surface area (Å²) >= 11 is 0. The van der Waals surface area contributed by atoms with Gasteiger partial charge in [-0.2, -0.15) is 0 Å². The van der Waals surface area contributed by atoms with Gasteiger partial charge in [0, 0.05) is 12.5 Å². The number of carbonyl (C=O) groups excluding carboxylic acids is 1. The molecule has 1 heterocycles. The van der Waals surface area contributed by atoms with Crippen LogP contribution >= 0.6 is 0 Å². The summed E-state index contributed by atoms with van der Waals surface area (Å²) in [5, 5.41) is 2.89. The van der Waals surface area contributed by atoms with E-state index in [9.17, 15) is 4.79 Å². The Balaban J connectivity index is 1.64. The van der Waals surface area contributed by atoms with Crippen molar-refractivity contribution in [3.05, 3.63) is 0 Å². The molecule has 1 unspecified atom stereocenters. The molecule has 4 nitrogen and oxygen atoms in total. The summed E-state index contributed by atoms with van der Waals surface area (Å²) in [5.41, 5.74) is 5.82. The van der Waals surface area contributed by atoms with Crippen LogP contribution in [0.5, 0.6) is 0 Å². The Hall–Kier alpha value is -0.610. The van der Waals surface area contributed by atoms with E-state index in [4.69, 9.17) is 10.5 Å². The van der Waals surface area contributed by atoms with Crippen LogP contribution in [0.2, 0.25) is 0 Å². The number of hydrogen-bond donors (Lipinski definition) is 2. The van der Waals surface area contributed by atoms with Crippen molar-refractivity contribution in [3.8, 4) is 0 Å². The molecule has 0 radical (unpaired) electrons. The summed E-state index contributed by atoms with van der Waals surface area (Å²) in [7, 11) is 0. The van der Waals surface area contributed by atoms with Crippen molar-refractivity contribution < 1.29 is 9.53 Å². The number of amides is 1. The monoisotopic (exact) mass is 184 g/mol. The summed E-state index contributed by atoms with van der Waals surface area (Å²) in [4.78, 5) is 11.3. The molecule has 1 saturated carbocycles. The van der Waals surface area contributed by atoms with Crippen molar-refractivity contribution in [2.24, 2.45) is 11.7 Å². The molecule has 2 aliphatic rings. The number of nitrogens with one attached hydrogen (secondary N) is 1. The molecule has 1 amide bonds. The minimum absolute atomic E-state index is 0.0704. The van der Waals surface area contributed by atoms with Crippen molar-refractivity contribution in [2.75, 3.05) is 13.2 Å². The van der Waals surface area contributed by atoms with Gasteiger partial charge in [0.2, 0.25) is 5.91 Å². The molecule has 0 spiro atoms. The van der Waals surface area contributed by atoms with Crippen LogP contribution < -0.4 is 11.1 Å². The van der Waals surface area contributed by atoms with Crippen molar-refractivity contribution in [3.63, 3.8) is 0 Å². The third-order valence-corrected chi connectivity index (χ3v) is 2.65. The number of carbonyl (C=O) groups is 1. The molecule has 1 aliphatic heterocycles. The molecule has 1 atom stereocenters. The van der Waals surface area contributed by atoms with Crippen molar-refractivity contribution in [1.29, 1.82) is 0 Å². The highest BCUT2D eigenvalue weighted by molar-refractivity contribution is 5.77. The van der Waals surface area contributed by atoms with E-state index in [1.807, 2.05) is 0 Å². The quantitative estimate of drug-likeness (QED) is 0.626. The van der Waals surface area contributed by atoms with Gasteiger partial charge in [0.25, 0.3) is 0 Å². The Labute approximate surface area is 77.8 Å². The highest BCUT2D eigenvalue weighted by Crippen LogP contribution is 2.32. The van der Waals surface area contributed by atoms with Gasteiger partial charge in [-0.25, -0.2) is 0 Å². The summed E-state index contributed by atoms with van der Waals surface area (Å²) in [6.45, 7) is 1.31. The van der Waals surface area contributed by atoms with Gasteiger partial charge in [-0.1, -0.05) is 0 Å². The zero-order valence-corrected chi connectivity index (χ0v) is 7.66. The standard InChI is InChI=1S/C9H16N2O2/c10-8(6-1-2-6)3-9(12)11-7-4-13-5-7/h6-8H,1-5,10H2,(H,11,12). The van der Waals surface area contributed by atoms with Crippen LogP contribution in [0.3, 0.4) is 0 Å². The summed E-state index contributed by atoms with van der Waals surface area (Å²) in [5.74, 6) is 0.677. The minimum atomic E-state index is 0.0704. The van der Waals surface area contributed by atoms with Crippen LogP contribution in [-0.2, 0) is 9.53 Å². The molecule has 0 aromatic heterocycles. The SMILES string of the molecule is NC(CC(=O)NC1COC1)C1CC1. The van der Waals surface area contributed by atoms with Crippen LogP contribution in [0.15, 0.2) is 0 Å². The Morgan fingerprint density at radius 3 is 2.69 bits per heavy atom. The second kappa shape index (κ2) is 3.64. The molecule has 0 aromatic rings. The molecular weight excluding hydrogens is 168 g/mol. The molecule has 0 aromatic carbocycles. The van der Waals surface area contributed by atoms with Crippen LogP contribution in [0, 0.1) is 5.92 Å². The summed E-state index contributed by atoms with van der Waals surface area (Å²) in [6.07, 6.45) is 2.86. The Kier molecular flexibility index (Phi) is 2.51. The molecule has 3 N–H and O–H groups in total. The van der Waals surface area contributed by atoms with E-state index in [0.717, 1.165) is 0 Å². The van der Waals surface area contributed by atoms with E-state index < -0.39 is 0 Å². The van der Waals surface area contributed by atoms with Gasteiger partial charge >= 0.3 is 0 Å². The zero-order chi connectivity index (χ0) is 9.26. The lowest BCUT2D eigenvalue weighted by molar-refractivity contribution is -0.125. The Morgan fingerprint density at radius 1 is 1.54 bits per heavy atom. The van der Waals surface area contributed by atoms with Gasteiger partial charge < -0.3 is 15.8 Å². The van der Waals surface area contributed by atoms with Crippen molar-refractivity contribution >= 4 is 5.91 Å². The molecule has 2 rings (SSSR count). The predicted octanol–water partition coefficient (Wildman–Crippen LogP) is -0.371. The lowest BCUT2D eigenvalue weighted by Gasteiger charge is -2.27. The second-order valence-corrected chi connectivity index (χ2v) is 4.01. The first-order chi connectivity index (χ1) is 6.25. The van der Waals surface area contributed by atoms with E-state index >= 15 is 0 Å². The highest BCUT2D eigenvalue weighted by atomic mass is 16.5. The second-order valence-electron chi connectivity index (χ2n) is 4.01. The van der Waals surface area contributed by atoms with Crippen LogP contribution in [0.25, 0.3) is 0 Å². The number of ether oxygens (including phenoxy) is 1. The number of nitrogens with two attached hydrogens (primary N) is 1. The first-order valence-corrected chi connectivity index (χ1v) is 4.88. The number of rotatable bonds is 4. The maximum absolute atomic E-state index is 11.3. The maximum atomic E-state index is 11.3. The molecule has 74 valence electrons. The van der Waals surface area contributed by atoms with Gasteiger partial charge in [-0.05, 0) is 18.8 Å². The Morgan fingerprint density at radius 2 is 2.23 bits per heavy atom. The average molecular weight is 184 g/mol. The van der Waals surface area contributed by atoms with Crippen LogP contribution in [0.4, 0.5) is 0 Å². The van der Waals surface area contributed by atoms with Crippen molar-refractivity contribution in [2.45, 2.75) is 31.3 Å². The van der Waals surface area contributed by atoms with Crippen LogP contribution in [0.1, 0.15) is 19.3 Å². The van der Waals surface area contributed by atoms with E-state index in [0.29, 0.717) is 25.6 Å². The van der Waals surface area contributed by atoms with E-state index in [1.165, 1.54) is 12.8 Å². The number of hydrogen-bond acceptors (Lipinski definition) is 3. The van der Waals surface area contributed by atoms with Crippen LogP contribution in [-0.4, -0.2) is 31.2 Å². The largest absolute Gasteiger partial charge is 0.377 e. The highest BCUT2D eigenvalue weighted by Gasteiger charge is 2.30. The molecule has 2 fully saturated rings. The third-order valence-electron chi connectivity index (χ3n) is 2.65. The fraction of sp³-hybridized carbons (Fsp3) is 0.889. The lowest BCUT2D eigenvalue weighted by atomic mass is 10.1. The third kappa shape index (κ3) is 2.42. The Bertz CT molecular complexity index is 200. The van der Waals surface area contributed by atoms with Gasteiger partial charge in [0.1, 0.15) is 0 Å². The van der Waals surface area contributed by atoms with Gasteiger partial charge in [0.15, 0.2) is 0 Å². The topological polar surface area (TPSA) is 64.4 Å². The molecule has 1 aliphatic carbocycles. The van der Waals surface area contributed by atoms with Gasteiger partial charge in [-0.3, -0.25) is 4.79 Å². The van der Waals surface area contributed by atoms with Gasteiger partial charge in [-0.15, -0.1) is 0 Å². The molecule has 0 bridgehead atoms. The van der Waals surface area contributed by atoms with Gasteiger partial charge in [0.05, 0.1) is 19.3 Å².